The molecule has 158 valence electrons. The smallest absolute Gasteiger partial charge is 0.268 e. The molecule has 1 saturated heterocycles. The molecular formula is C20H19Cl2N3O4S. The number of nitrogens with one attached hydrogen (secondary N) is 2. The van der Waals surface area contributed by atoms with Gasteiger partial charge >= 0.3 is 0 Å². The van der Waals surface area contributed by atoms with Crippen LogP contribution in [0.25, 0.3) is 6.08 Å². The van der Waals surface area contributed by atoms with E-state index in [1.54, 1.807) is 18.2 Å². The van der Waals surface area contributed by atoms with Crippen LogP contribution < -0.4 is 10.9 Å². The lowest BCUT2D eigenvalue weighted by Gasteiger charge is -2.15. The molecule has 0 atom stereocenters. The highest BCUT2D eigenvalue weighted by atomic mass is 35.5. The normalized spacial score (nSPS) is 14.7. The SMILES string of the molecule is O=C(/C=C/c1cccc(Cl)c1Cl)NNC(=O)c1ccc(S(=O)(=O)N2CCCC2)cc1. The van der Waals surface area contributed by atoms with Crippen LogP contribution in [0.5, 0.6) is 0 Å². The van der Waals surface area contributed by atoms with Gasteiger partial charge in [-0.1, -0.05) is 35.3 Å². The van der Waals surface area contributed by atoms with Gasteiger partial charge in [0.15, 0.2) is 0 Å². The average molecular weight is 468 g/mol. The summed E-state index contributed by atoms with van der Waals surface area (Å²) in [6, 6.07) is 10.6. The Hall–Kier alpha value is -2.39. The molecule has 7 nitrogen and oxygen atoms in total. The molecule has 1 aliphatic rings. The van der Waals surface area contributed by atoms with Crippen molar-refractivity contribution in [2.45, 2.75) is 17.7 Å². The Kier molecular flexibility index (Phi) is 7.14. The van der Waals surface area contributed by atoms with Crippen LogP contribution in [0.3, 0.4) is 0 Å². The van der Waals surface area contributed by atoms with E-state index in [9.17, 15) is 18.0 Å². The summed E-state index contributed by atoms with van der Waals surface area (Å²) in [7, 11) is -3.54. The van der Waals surface area contributed by atoms with Gasteiger partial charge in [0.2, 0.25) is 10.0 Å². The molecule has 1 heterocycles. The van der Waals surface area contributed by atoms with Crippen molar-refractivity contribution in [3.8, 4) is 0 Å². The first-order valence-corrected chi connectivity index (χ1v) is 11.3. The predicted octanol–water partition coefficient (Wildman–Crippen LogP) is 3.25. The third kappa shape index (κ3) is 5.20. The maximum Gasteiger partial charge on any atom is 0.269 e. The molecular weight excluding hydrogens is 449 g/mol. The number of carbonyl (C=O) groups excluding carboxylic acids is 2. The van der Waals surface area contributed by atoms with E-state index in [0.717, 1.165) is 12.8 Å². The second-order valence-electron chi connectivity index (χ2n) is 6.56. The monoisotopic (exact) mass is 467 g/mol. The van der Waals surface area contributed by atoms with Crippen LogP contribution in [0.1, 0.15) is 28.8 Å². The quantitative estimate of drug-likeness (QED) is 0.520. The highest BCUT2D eigenvalue weighted by Gasteiger charge is 2.27. The summed E-state index contributed by atoms with van der Waals surface area (Å²) in [5.41, 5.74) is 5.27. The Bertz CT molecular complexity index is 1080. The number of nitrogens with zero attached hydrogens (tertiary/aromatic N) is 1. The topological polar surface area (TPSA) is 95.6 Å². The minimum atomic E-state index is -3.54. The molecule has 0 unspecified atom stereocenters. The molecule has 2 N–H and O–H groups in total. The van der Waals surface area contributed by atoms with Gasteiger partial charge < -0.3 is 0 Å². The van der Waals surface area contributed by atoms with Crippen molar-refractivity contribution in [3.63, 3.8) is 0 Å². The molecule has 0 aliphatic carbocycles. The van der Waals surface area contributed by atoms with Crippen molar-refractivity contribution >= 4 is 51.1 Å². The standard InChI is InChI=1S/C20H19Cl2N3O4S/c21-17-5-3-4-14(19(17)22)8-11-18(26)23-24-20(27)15-6-9-16(10-7-15)30(28,29)25-12-1-2-13-25/h3-11H,1-2,12-13H2,(H,23,26)(H,24,27)/b11-8+. The van der Waals surface area contributed by atoms with Crippen LogP contribution in [-0.4, -0.2) is 37.6 Å². The largest absolute Gasteiger partial charge is 0.269 e. The van der Waals surface area contributed by atoms with Gasteiger partial charge in [0.25, 0.3) is 11.8 Å². The Labute approximate surface area is 184 Å². The summed E-state index contributed by atoms with van der Waals surface area (Å²) in [6.45, 7) is 1.01. The van der Waals surface area contributed by atoms with Crippen LogP contribution in [0.15, 0.2) is 53.4 Å². The van der Waals surface area contributed by atoms with Crippen LogP contribution >= 0.6 is 23.2 Å². The van der Waals surface area contributed by atoms with E-state index in [1.807, 2.05) is 0 Å². The van der Waals surface area contributed by atoms with Gasteiger partial charge in [-0.3, -0.25) is 20.4 Å². The van der Waals surface area contributed by atoms with Crippen molar-refractivity contribution in [3.05, 3.63) is 69.7 Å². The van der Waals surface area contributed by atoms with Gasteiger partial charge in [-0.25, -0.2) is 8.42 Å². The molecule has 0 aromatic heterocycles. The minimum Gasteiger partial charge on any atom is -0.268 e. The van der Waals surface area contributed by atoms with Crippen molar-refractivity contribution in [2.75, 3.05) is 13.1 Å². The molecule has 3 rings (SSSR count). The van der Waals surface area contributed by atoms with Gasteiger partial charge in [-0.2, -0.15) is 4.31 Å². The summed E-state index contributed by atoms with van der Waals surface area (Å²) >= 11 is 12.0. The summed E-state index contributed by atoms with van der Waals surface area (Å²) in [6.07, 6.45) is 4.35. The number of benzene rings is 2. The van der Waals surface area contributed by atoms with Gasteiger partial charge in [0, 0.05) is 24.7 Å². The first-order chi connectivity index (χ1) is 14.3. The van der Waals surface area contributed by atoms with Gasteiger partial charge in [0.1, 0.15) is 0 Å². The zero-order valence-corrected chi connectivity index (χ0v) is 18.1. The van der Waals surface area contributed by atoms with Crippen LogP contribution in [0.4, 0.5) is 0 Å². The fourth-order valence-electron chi connectivity index (χ4n) is 2.90. The predicted molar refractivity (Wildman–Crippen MR) is 116 cm³/mol. The number of amides is 2. The molecule has 2 aromatic rings. The third-order valence-corrected chi connectivity index (χ3v) is 7.26. The van der Waals surface area contributed by atoms with E-state index in [-0.39, 0.29) is 10.5 Å². The molecule has 30 heavy (non-hydrogen) atoms. The molecule has 0 saturated carbocycles. The summed E-state index contributed by atoms with van der Waals surface area (Å²) in [5, 5.41) is 0.680. The molecule has 0 bridgehead atoms. The van der Waals surface area contributed by atoms with E-state index in [1.165, 1.54) is 40.7 Å². The van der Waals surface area contributed by atoms with E-state index >= 15 is 0 Å². The average Bonchev–Trinajstić information content (AvgIpc) is 3.29. The highest BCUT2D eigenvalue weighted by Crippen LogP contribution is 2.26. The van der Waals surface area contributed by atoms with E-state index in [0.29, 0.717) is 28.7 Å². The maximum absolute atomic E-state index is 12.5. The third-order valence-electron chi connectivity index (χ3n) is 4.51. The van der Waals surface area contributed by atoms with Crippen LogP contribution in [0.2, 0.25) is 10.0 Å². The van der Waals surface area contributed by atoms with E-state index in [2.05, 4.69) is 10.9 Å². The Morgan fingerprint density at radius 1 is 0.967 bits per heavy atom. The van der Waals surface area contributed by atoms with Crippen LogP contribution in [0, 0.1) is 0 Å². The molecule has 2 aromatic carbocycles. The van der Waals surface area contributed by atoms with Gasteiger partial charge in [-0.15, -0.1) is 0 Å². The van der Waals surface area contributed by atoms with Crippen molar-refractivity contribution in [2.24, 2.45) is 0 Å². The molecule has 10 heteroatoms. The number of hydrogen-bond donors (Lipinski definition) is 2. The molecule has 0 radical (unpaired) electrons. The number of carbonyl (C=O) groups is 2. The number of sulfonamides is 1. The molecule has 0 spiro atoms. The van der Waals surface area contributed by atoms with Crippen molar-refractivity contribution in [1.29, 1.82) is 0 Å². The first kappa shape index (κ1) is 22.3. The number of rotatable bonds is 5. The van der Waals surface area contributed by atoms with Crippen molar-refractivity contribution < 1.29 is 18.0 Å². The number of halogens is 2. The minimum absolute atomic E-state index is 0.131. The fraction of sp³-hybridized carbons (Fsp3) is 0.200. The van der Waals surface area contributed by atoms with Gasteiger partial charge in [0.05, 0.1) is 14.9 Å². The Balaban J connectivity index is 1.57. The lowest BCUT2D eigenvalue weighted by molar-refractivity contribution is -0.117. The summed E-state index contributed by atoms with van der Waals surface area (Å²) < 4.78 is 26.4. The van der Waals surface area contributed by atoms with Crippen LogP contribution in [-0.2, 0) is 14.8 Å². The Morgan fingerprint density at radius 2 is 1.63 bits per heavy atom. The zero-order chi connectivity index (χ0) is 21.7. The molecule has 1 aliphatic heterocycles. The first-order valence-electron chi connectivity index (χ1n) is 9.11. The van der Waals surface area contributed by atoms with Crippen molar-refractivity contribution in [1.82, 2.24) is 15.2 Å². The Morgan fingerprint density at radius 3 is 2.30 bits per heavy atom. The maximum atomic E-state index is 12.5. The highest BCUT2D eigenvalue weighted by molar-refractivity contribution is 7.89. The zero-order valence-electron chi connectivity index (χ0n) is 15.8. The number of hydrogen-bond acceptors (Lipinski definition) is 4. The second kappa shape index (κ2) is 9.61. The lowest BCUT2D eigenvalue weighted by atomic mass is 10.2. The lowest BCUT2D eigenvalue weighted by Crippen LogP contribution is -2.40. The number of hydrazine groups is 1. The van der Waals surface area contributed by atoms with E-state index < -0.39 is 21.8 Å². The second-order valence-corrected chi connectivity index (χ2v) is 9.28. The molecule has 2 amide bonds. The fourth-order valence-corrected chi connectivity index (χ4v) is 4.79. The molecule has 1 fully saturated rings. The summed E-state index contributed by atoms with van der Waals surface area (Å²) in [5.74, 6) is -1.16. The summed E-state index contributed by atoms with van der Waals surface area (Å²) in [4.78, 5) is 24.2. The van der Waals surface area contributed by atoms with Gasteiger partial charge in [-0.05, 0) is 54.8 Å². The van der Waals surface area contributed by atoms with E-state index in [4.69, 9.17) is 23.2 Å².